The number of nitro benzene ring substituents is 1. The van der Waals surface area contributed by atoms with Crippen molar-refractivity contribution >= 4 is 23.0 Å². The number of carbonyl (C=O) groups is 1. The van der Waals surface area contributed by atoms with E-state index in [2.05, 4.69) is 10.6 Å². The smallest absolute Gasteiger partial charge is 0.293 e. The lowest BCUT2D eigenvalue weighted by Crippen LogP contribution is -2.12. The van der Waals surface area contributed by atoms with Crippen molar-refractivity contribution in [3.8, 4) is 6.07 Å². The Labute approximate surface area is 126 Å². The average Bonchev–Trinajstić information content (AvgIpc) is 2.54. The molecule has 7 heteroatoms. The Balaban J connectivity index is 2.23. The monoisotopic (exact) mass is 296 g/mol. The van der Waals surface area contributed by atoms with Crippen molar-refractivity contribution in [2.75, 3.05) is 17.7 Å². The van der Waals surface area contributed by atoms with E-state index in [1.54, 1.807) is 31.3 Å². The van der Waals surface area contributed by atoms with Crippen molar-refractivity contribution in [3.05, 3.63) is 63.7 Å². The SMILES string of the molecule is CNc1ccc(C(=O)Nc2ccc(C#N)cc2)cc1[N+](=O)[O-]. The summed E-state index contributed by atoms with van der Waals surface area (Å²) in [4.78, 5) is 22.6. The summed E-state index contributed by atoms with van der Waals surface area (Å²) < 4.78 is 0. The van der Waals surface area contributed by atoms with E-state index in [0.717, 1.165) is 0 Å². The van der Waals surface area contributed by atoms with Crippen LogP contribution in [0, 0.1) is 21.4 Å². The summed E-state index contributed by atoms with van der Waals surface area (Å²) in [6.45, 7) is 0. The van der Waals surface area contributed by atoms with Gasteiger partial charge in [0.1, 0.15) is 5.69 Å². The first-order chi connectivity index (χ1) is 10.5. The van der Waals surface area contributed by atoms with E-state index in [1.165, 1.54) is 18.2 Å². The third-order valence-electron chi connectivity index (χ3n) is 3.00. The number of rotatable bonds is 4. The van der Waals surface area contributed by atoms with Crippen LogP contribution in [0.4, 0.5) is 17.1 Å². The molecule has 22 heavy (non-hydrogen) atoms. The number of anilines is 2. The van der Waals surface area contributed by atoms with Gasteiger partial charge in [-0.2, -0.15) is 5.26 Å². The van der Waals surface area contributed by atoms with Gasteiger partial charge in [-0.05, 0) is 36.4 Å². The second kappa shape index (κ2) is 6.37. The van der Waals surface area contributed by atoms with Gasteiger partial charge in [0, 0.05) is 24.4 Å². The summed E-state index contributed by atoms with van der Waals surface area (Å²) in [5.74, 6) is -0.463. The van der Waals surface area contributed by atoms with Gasteiger partial charge in [-0.15, -0.1) is 0 Å². The molecular formula is C15H12N4O3. The van der Waals surface area contributed by atoms with Crippen LogP contribution in [-0.2, 0) is 0 Å². The molecule has 0 saturated carbocycles. The molecule has 110 valence electrons. The number of benzene rings is 2. The quantitative estimate of drug-likeness (QED) is 0.666. The number of hydrogen-bond acceptors (Lipinski definition) is 5. The van der Waals surface area contributed by atoms with Gasteiger partial charge in [0.15, 0.2) is 0 Å². The van der Waals surface area contributed by atoms with Gasteiger partial charge in [-0.1, -0.05) is 0 Å². The summed E-state index contributed by atoms with van der Waals surface area (Å²) in [6.07, 6.45) is 0. The largest absolute Gasteiger partial charge is 0.383 e. The van der Waals surface area contributed by atoms with E-state index >= 15 is 0 Å². The standard InChI is InChI=1S/C15H12N4O3/c1-17-13-7-4-11(8-14(13)19(21)22)15(20)18-12-5-2-10(9-16)3-6-12/h2-8,17H,1H3,(H,18,20). The Morgan fingerprint density at radius 2 is 1.91 bits per heavy atom. The normalized spacial score (nSPS) is 9.64. The van der Waals surface area contributed by atoms with Crippen molar-refractivity contribution in [3.63, 3.8) is 0 Å². The minimum Gasteiger partial charge on any atom is -0.383 e. The zero-order valence-electron chi connectivity index (χ0n) is 11.7. The predicted octanol–water partition coefficient (Wildman–Crippen LogP) is 2.76. The number of nitrogens with zero attached hydrogens (tertiary/aromatic N) is 2. The van der Waals surface area contributed by atoms with Crippen molar-refractivity contribution in [2.24, 2.45) is 0 Å². The van der Waals surface area contributed by atoms with E-state index in [4.69, 9.17) is 5.26 Å². The molecule has 2 aromatic carbocycles. The lowest BCUT2D eigenvalue weighted by molar-refractivity contribution is -0.384. The molecule has 0 aromatic heterocycles. The Kier molecular flexibility index (Phi) is 4.34. The number of nitro groups is 1. The molecule has 0 aliphatic rings. The molecule has 0 unspecified atom stereocenters. The van der Waals surface area contributed by atoms with Crippen LogP contribution >= 0.6 is 0 Å². The first-order valence-corrected chi connectivity index (χ1v) is 6.33. The van der Waals surface area contributed by atoms with Crippen LogP contribution in [0.15, 0.2) is 42.5 Å². The fraction of sp³-hybridized carbons (Fsp3) is 0.0667. The van der Waals surface area contributed by atoms with E-state index in [9.17, 15) is 14.9 Å². The van der Waals surface area contributed by atoms with Crippen LogP contribution in [0.3, 0.4) is 0 Å². The highest BCUT2D eigenvalue weighted by Crippen LogP contribution is 2.25. The number of nitrogens with one attached hydrogen (secondary N) is 2. The van der Waals surface area contributed by atoms with Gasteiger partial charge in [0.25, 0.3) is 11.6 Å². The summed E-state index contributed by atoms with van der Waals surface area (Å²) in [6, 6.07) is 12.5. The topological polar surface area (TPSA) is 108 Å². The molecule has 7 nitrogen and oxygen atoms in total. The molecular weight excluding hydrogens is 284 g/mol. The summed E-state index contributed by atoms with van der Waals surface area (Å²) in [5, 5.41) is 25.0. The lowest BCUT2D eigenvalue weighted by Gasteiger charge is -2.07. The molecule has 0 radical (unpaired) electrons. The van der Waals surface area contributed by atoms with Crippen molar-refractivity contribution in [1.29, 1.82) is 5.26 Å². The maximum Gasteiger partial charge on any atom is 0.293 e. The third-order valence-corrected chi connectivity index (χ3v) is 3.00. The highest BCUT2D eigenvalue weighted by Gasteiger charge is 2.16. The van der Waals surface area contributed by atoms with Gasteiger partial charge in [-0.25, -0.2) is 0 Å². The third kappa shape index (κ3) is 3.19. The number of amides is 1. The van der Waals surface area contributed by atoms with Gasteiger partial charge < -0.3 is 10.6 Å². The highest BCUT2D eigenvalue weighted by molar-refractivity contribution is 6.05. The fourth-order valence-corrected chi connectivity index (χ4v) is 1.87. The Morgan fingerprint density at radius 1 is 1.23 bits per heavy atom. The Morgan fingerprint density at radius 3 is 2.45 bits per heavy atom. The average molecular weight is 296 g/mol. The highest BCUT2D eigenvalue weighted by atomic mass is 16.6. The van der Waals surface area contributed by atoms with Crippen LogP contribution in [0.25, 0.3) is 0 Å². The molecule has 0 aliphatic heterocycles. The number of carbonyl (C=O) groups excluding carboxylic acids is 1. The minimum absolute atomic E-state index is 0.171. The Hall–Kier alpha value is -3.40. The van der Waals surface area contributed by atoms with Crippen LogP contribution < -0.4 is 10.6 Å². The zero-order chi connectivity index (χ0) is 16.1. The molecule has 0 heterocycles. The van der Waals surface area contributed by atoms with Crippen LogP contribution in [0.1, 0.15) is 15.9 Å². The number of hydrogen-bond donors (Lipinski definition) is 2. The maximum absolute atomic E-state index is 12.1. The molecule has 0 bridgehead atoms. The van der Waals surface area contributed by atoms with Crippen LogP contribution in [-0.4, -0.2) is 17.9 Å². The molecule has 0 aliphatic carbocycles. The molecule has 2 N–H and O–H groups in total. The molecule has 0 saturated heterocycles. The lowest BCUT2D eigenvalue weighted by atomic mass is 10.1. The van der Waals surface area contributed by atoms with Gasteiger partial charge in [-0.3, -0.25) is 14.9 Å². The van der Waals surface area contributed by atoms with E-state index in [1.807, 2.05) is 6.07 Å². The second-order valence-corrected chi connectivity index (χ2v) is 4.38. The van der Waals surface area contributed by atoms with E-state index in [0.29, 0.717) is 16.9 Å². The van der Waals surface area contributed by atoms with Gasteiger partial charge in [0.05, 0.1) is 16.6 Å². The van der Waals surface area contributed by atoms with Crippen molar-refractivity contribution in [2.45, 2.75) is 0 Å². The van der Waals surface area contributed by atoms with Gasteiger partial charge in [0.2, 0.25) is 0 Å². The fourth-order valence-electron chi connectivity index (χ4n) is 1.87. The first-order valence-electron chi connectivity index (χ1n) is 6.33. The molecule has 2 aromatic rings. The summed E-state index contributed by atoms with van der Waals surface area (Å²) in [7, 11) is 1.57. The molecule has 2 rings (SSSR count). The minimum atomic E-state index is -0.551. The summed E-state index contributed by atoms with van der Waals surface area (Å²) in [5.41, 5.74) is 1.32. The molecule has 0 spiro atoms. The van der Waals surface area contributed by atoms with E-state index in [-0.39, 0.29) is 11.3 Å². The van der Waals surface area contributed by atoms with Crippen LogP contribution in [0.5, 0.6) is 0 Å². The summed E-state index contributed by atoms with van der Waals surface area (Å²) >= 11 is 0. The van der Waals surface area contributed by atoms with E-state index < -0.39 is 10.8 Å². The second-order valence-electron chi connectivity index (χ2n) is 4.38. The van der Waals surface area contributed by atoms with Crippen LogP contribution in [0.2, 0.25) is 0 Å². The maximum atomic E-state index is 12.1. The molecule has 1 amide bonds. The van der Waals surface area contributed by atoms with Crippen molar-refractivity contribution in [1.82, 2.24) is 0 Å². The molecule has 0 fully saturated rings. The first kappa shape index (κ1) is 15.0. The Bertz CT molecular complexity index is 763. The molecule has 0 atom stereocenters. The van der Waals surface area contributed by atoms with Gasteiger partial charge >= 0.3 is 0 Å². The number of nitriles is 1. The van der Waals surface area contributed by atoms with Crippen molar-refractivity contribution < 1.29 is 9.72 Å². The zero-order valence-corrected chi connectivity index (χ0v) is 11.7. The predicted molar refractivity (Wildman–Crippen MR) is 81.8 cm³/mol.